The molecule has 0 saturated heterocycles. The molecule has 0 atom stereocenters. The average molecular weight is 283 g/mol. The minimum absolute atomic E-state index is 0. The molecule has 18 heavy (non-hydrogen) atoms. The third-order valence-corrected chi connectivity index (χ3v) is 2.51. The number of carbonyl (C=O) groups is 2. The van der Waals surface area contributed by atoms with Gasteiger partial charge < -0.3 is 0 Å². The minimum atomic E-state index is -0.139. The number of hydrogen-bond acceptors (Lipinski definition) is 2. The van der Waals surface area contributed by atoms with Crippen LogP contribution < -0.4 is 0 Å². The predicted octanol–water partition coefficient (Wildman–Crippen LogP) is 3.14. The first kappa shape index (κ1) is 14.3. The summed E-state index contributed by atoms with van der Waals surface area (Å²) in [5.74, 6) is -0.279. The van der Waals surface area contributed by atoms with Gasteiger partial charge in [0.25, 0.3) is 0 Å². The van der Waals surface area contributed by atoms with Crippen molar-refractivity contribution in [3.05, 3.63) is 71.8 Å². The Labute approximate surface area is 116 Å². The quantitative estimate of drug-likeness (QED) is 0.490. The van der Waals surface area contributed by atoms with Gasteiger partial charge in [0.2, 0.25) is 0 Å². The van der Waals surface area contributed by atoms with Gasteiger partial charge in [0.15, 0.2) is 11.6 Å². The van der Waals surface area contributed by atoms with Crippen LogP contribution in [0.3, 0.4) is 0 Å². The zero-order chi connectivity index (χ0) is 12.1. The fraction of sp³-hybridized carbons (Fsp3) is 0.0667. The molecule has 2 aromatic carbocycles. The van der Waals surface area contributed by atoms with Crippen molar-refractivity contribution in [3.8, 4) is 0 Å². The summed E-state index contributed by atoms with van der Waals surface area (Å²) >= 11 is 0. The molecule has 2 rings (SSSR count). The Balaban J connectivity index is 0.00000162. The summed E-state index contributed by atoms with van der Waals surface area (Å²) in [5, 5.41) is 0. The second-order valence-electron chi connectivity index (χ2n) is 3.76. The van der Waals surface area contributed by atoms with E-state index in [9.17, 15) is 9.59 Å². The molecule has 0 spiro atoms. The van der Waals surface area contributed by atoms with Crippen molar-refractivity contribution in [2.45, 2.75) is 6.42 Å². The van der Waals surface area contributed by atoms with E-state index in [1.807, 2.05) is 12.1 Å². The van der Waals surface area contributed by atoms with Crippen molar-refractivity contribution in [1.29, 1.82) is 0 Å². The molecule has 0 aliphatic heterocycles. The summed E-state index contributed by atoms with van der Waals surface area (Å²) in [6.45, 7) is 0. The van der Waals surface area contributed by atoms with Crippen LogP contribution in [0.2, 0.25) is 0 Å². The van der Waals surface area contributed by atoms with Crippen LogP contribution in [0, 0.1) is 0 Å². The molecule has 0 bridgehead atoms. The first-order chi connectivity index (χ1) is 8.27. The number of benzene rings is 2. The van der Waals surface area contributed by atoms with Crippen LogP contribution in [0.4, 0.5) is 0 Å². The van der Waals surface area contributed by atoms with Crippen LogP contribution in [0.15, 0.2) is 60.7 Å². The molecule has 0 amide bonds. The summed E-state index contributed by atoms with van der Waals surface area (Å²) in [5.41, 5.74) is 1.16. The van der Waals surface area contributed by atoms with Crippen molar-refractivity contribution >= 4 is 11.6 Å². The van der Waals surface area contributed by atoms with Crippen molar-refractivity contribution in [1.82, 2.24) is 0 Å². The minimum Gasteiger partial charge on any atom is -0.294 e. The Morgan fingerprint density at radius 3 is 1.33 bits per heavy atom. The first-order valence-electron chi connectivity index (χ1n) is 5.44. The van der Waals surface area contributed by atoms with E-state index < -0.39 is 0 Å². The summed E-state index contributed by atoms with van der Waals surface area (Å²) in [7, 11) is 0. The van der Waals surface area contributed by atoms with Gasteiger partial charge in [-0.05, 0) is 0 Å². The van der Waals surface area contributed by atoms with E-state index in [0.717, 1.165) is 0 Å². The molecular formula is C15H12NiO2. The SMILES string of the molecule is O=C(CC(=O)c1ccccc1)c1ccccc1.[Ni]. The van der Waals surface area contributed by atoms with Crippen LogP contribution in [0.1, 0.15) is 27.1 Å². The van der Waals surface area contributed by atoms with E-state index in [-0.39, 0.29) is 34.5 Å². The molecule has 0 aliphatic carbocycles. The van der Waals surface area contributed by atoms with Crippen LogP contribution >= 0.6 is 0 Å². The van der Waals surface area contributed by atoms with Gasteiger partial charge in [-0.15, -0.1) is 0 Å². The van der Waals surface area contributed by atoms with Crippen LogP contribution in [0.25, 0.3) is 0 Å². The van der Waals surface area contributed by atoms with E-state index in [1.165, 1.54) is 0 Å². The van der Waals surface area contributed by atoms with Gasteiger partial charge in [0, 0.05) is 27.6 Å². The van der Waals surface area contributed by atoms with E-state index in [1.54, 1.807) is 48.5 Å². The van der Waals surface area contributed by atoms with Crippen LogP contribution in [0.5, 0.6) is 0 Å². The molecule has 94 valence electrons. The third kappa shape index (κ3) is 3.64. The van der Waals surface area contributed by atoms with Gasteiger partial charge in [0.1, 0.15) is 0 Å². The van der Waals surface area contributed by atoms with Crippen LogP contribution in [-0.4, -0.2) is 11.6 Å². The molecule has 0 saturated carbocycles. The summed E-state index contributed by atoms with van der Waals surface area (Å²) < 4.78 is 0. The van der Waals surface area contributed by atoms with E-state index in [2.05, 4.69) is 0 Å². The second kappa shape index (κ2) is 6.88. The molecule has 0 N–H and O–H groups in total. The van der Waals surface area contributed by atoms with Gasteiger partial charge in [-0.3, -0.25) is 9.59 Å². The Kier molecular flexibility index (Phi) is 5.48. The molecule has 0 aromatic heterocycles. The largest absolute Gasteiger partial charge is 0.294 e. The van der Waals surface area contributed by atoms with Crippen molar-refractivity contribution in [3.63, 3.8) is 0 Å². The maximum atomic E-state index is 11.8. The molecule has 0 unspecified atom stereocenters. The van der Waals surface area contributed by atoms with Gasteiger partial charge in [-0.2, -0.15) is 0 Å². The normalized spacial score (nSPS) is 9.33. The molecule has 0 heterocycles. The van der Waals surface area contributed by atoms with Gasteiger partial charge >= 0.3 is 0 Å². The van der Waals surface area contributed by atoms with Crippen LogP contribution in [-0.2, 0) is 16.5 Å². The summed E-state index contributed by atoms with van der Waals surface area (Å²) in [6.07, 6.45) is -0.0754. The predicted molar refractivity (Wildman–Crippen MR) is 66.2 cm³/mol. The number of carbonyl (C=O) groups excluding carboxylic acids is 2. The summed E-state index contributed by atoms with van der Waals surface area (Å²) in [4.78, 5) is 23.6. The maximum Gasteiger partial charge on any atom is 0.170 e. The van der Waals surface area contributed by atoms with Crippen molar-refractivity contribution in [2.24, 2.45) is 0 Å². The Morgan fingerprint density at radius 2 is 1.00 bits per heavy atom. The fourth-order valence-corrected chi connectivity index (χ4v) is 1.60. The Hall–Kier alpha value is -1.73. The number of Topliss-reactive ketones (excluding diaryl/α,β-unsaturated/α-hetero) is 2. The topological polar surface area (TPSA) is 34.1 Å². The van der Waals surface area contributed by atoms with E-state index in [4.69, 9.17) is 0 Å². The van der Waals surface area contributed by atoms with Gasteiger partial charge in [0.05, 0.1) is 6.42 Å². The van der Waals surface area contributed by atoms with Crippen molar-refractivity contribution < 1.29 is 26.1 Å². The Bertz CT molecular complexity index is 471. The van der Waals surface area contributed by atoms with Gasteiger partial charge in [-0.25, -0.2) is 0 Å². The molecule has 3 heteroatoms. The molecule has 0 aliphatic rings. The average Bonchev–Trinajstić information content (AvgIpc) is 2.40. The Morgan fingerprint density at radius 1 is 0.667 bits per heavy atom. The number of hydrogen-bond donors (Lipinski definition) is 0. The van der Waals surface area contributed by atoms with E-state index in [0.29, 0.717) is 11.1 Å². The third-order valence-electron chi connectivity index (χ3n) is 2.51. The molecule has 2 aromatic rings. The van der Waals surface area contributed by atoms with Gasteiger partial charge in [-0.1, -0.05) is 60.7 Å². The van der Waals surface area contributed by atoms with E-state index >= 15 is 0 Å². The fourth-order valence-electron chi connectivity index (χ4n) is 1.60. The zero-order valence-electron chi connectivity index (χ0n) is 9.61. The number of rotatable bonds is 4. The molecule has 2 nitrogen and oxygen atoms in total. The second-order valence-corrected chi connectivity index (χ2v) is 3.76. The van der Waals surface area contributed by atoms with Crippen molar-refractivity contribution in [2.75, 3.05) is 0 Å². The maximum absolute atomic E-state index is 11.8. The first-order valence-corrected chi connectivity index (χ1v) is 5.44. The zero-order valence-corrected chi connectivity index (χ0v) is 10.6. The molecule has 0 radical (unpaired) electrons. The molecule has 0 fully saturated rings. The molecular weight excluding hydrogens is 271 g/mol. The monoisotopic (exact) mass is 282 g/mol. The summed E-state index contributed by atoms with van der Waals surface area (Å²) in [6, 6.07) is 17.7. The smallest absolute Gasteiger partial charge is 0.170 e. The number of ketones is 2. The standard InChI is InChI=1S/C15H12O2.Ni/c16-14(12-7-3-1-4-8-12)11-15(17)13-9-5-2-6-10-13;/h1-10H,11H2;.